The van der Waals surface area contributed by atoms with Crippen molar-refractivity contribution in [3.8, 4) is 0 Å². The molecule has 0 radical (unpaired) electrons. The molecule has 3 aliphatic rings. The molecule has 0 aromatic heterocycles. The number of hydrogen-bond acceptors (Lipinski definition) is 8. The summed E-state index contributed by atoms with van der Waals surface area (Å²) in [6.45, 7) is 15.7. The van der Waals surface area contributed by atoms with Crippen LogP contribution in [-0.4, -0.2) is 50.5 Å². The maximum absolute atomic E-state index is 11.6. The number of carbonyl (C=O) groups excluding carboxylic acids is 1. The van der Waals surface area contributed by atoms with Gasteiger partial charge in [0.05, 0.1) is 0 Å². The van der Waals surface area contributed by atoms with Gasteiger partial charge in [0.25, 0.3) is 0 Å². The molecule has 2 saturated heterocycles. The minimum Gasteiger partial charge on any atom is -0.408 e. The third-order valence-corrected chi connectivity index (χ3v) is 9.69. The van der Waals surface area contributed by atoms with E-state index in [9.17, 15) is 4.79 Å². The summed E-state index contributed by atoms with van der Waals surface area (Å²) >= 11 is 0. The second kappa shape index (κ2) is 5.56. The second-order valence-corrected chi connectivity index (χ2v) is 13.6. The highest BCUT2D eigenvalue weighted by Gasteiger charge is 2.68. The van der Waals surface area contributed by atoms with Gasteiger partial charge < -0.3 is 18.6 Å². The van der Waals surface area contributed by atoms with E-state index in [2.05, 4.69) is 44.1 Å². The summed E-state index contributed by atoms with van der Waals surface area (Å²) in [5.41, 5.74) is 0. The number of rotatable bonds is 3. The zero-order valence-corrected chi connectivity index (χ0v) is 17.2. The van der Waals surface area contributed by atoms with Crippen molar-refractivity contribution >= 4 is 14.3 Å². The molecule has 3 rings (SSSR count). The van der Waals surface area contributed by atoms with E-state index in [4.69, 9.17) is 23.4 Å². The van der Waals surface area contributed by atoms with Crippen LogP contribution in [0.5, 0.6) is 0 Å². The molecular weight excluding hydrogens is 344 g/mol. The Bertz CT molecular complexity index is 602. The minimum absolute atomic E-state index is 0.0116. The fourth-order valence-electron chi connectivity index (χ4n) is 3.04. The van der Waals surface area contributed by atoms with Crippen molar-refractivity contribution in [2.75, 3.05) is 0 Å². The Hall–Kier alpha value is -0.873. The van der Waals surface area contributed by atoms with Gasteiger partial charge in [-0.3, -0.25) is 9.53 Å². The first-order chi connectivity index (χ1) is 11.3. The quantitative estimate of drug-likeness (QED) is 0.559. The van der Waals surface area contributed by atoms with Crippen LogP contribution < -0.4 is 0 Å². The van der Waals surface area contributed by atoms with Crippen molar-refractivity contribution in [3.05, 3.63) is 0 Å². The maximum atomic E-state index is 11.6. The fraction of sp³-hybridized carbons (Fsp3) is 0.938. The summed E-state index contributed by atoms with van der Waals surface area (Å²) in [7, 11) is -2.12. The van der Waals surface area contributed by atoms with E-state index in [0.717, 1.165) is 0 Å². The lowest BCUT2D eigenvalue weighted by molar-refractivity contribution is -0.306. The summed E-state index contributed by atoms with van der Waals surface area (Å²) in [6.07, 6.45) is -2.38. The first kappa shape index (κ1) is 18.9. The van der Waals surface area contributed by atoms with Crippen LogP contribution in [0.3, 0.4) is 0 Å². The Morgan fingerprint density at radius 3 is 2.36 bits per heavy atom. The molecule has 3 aliphatic heterocycles. The Balaban J connectivity index is 1.93. The topological polar surface area (TPSA) is 87.9 Å². The molecule has 2 bridgehead atoms. The molecule has 0 aromatic rings. The van der Waals surface area contributed by atoms with E-state index in [0.29, 0.717) is 0 Å². The summed E-state index contributed by atoms with van der Waals surface area (Å²) in [6, 6.07) is 0. The van der Waals surface area contributed by atoms with E-state index in [1.165, 1.54) is 6.92 Å². The molecule has 0 saturated carbocycles. The standard InChI is InChI=1S/C16H28N2O6Si/c1-9(19)20-16-12-10(21-15(5,6)22-12)11(13(23-16)17-18-16)24-25(7,8)14(2,3)4/h10-13H,1-8H3/t10-,11+,12-,13?,16?/m1/s1. The number of ether oxygens (including phenoxy) is 4. The van der Waals surface area contributed by atoms with E-state index < -0.39 is 50.5 Å². The number of azo groups is 1. The van der Waals surface area contributed by atoms with Crippen LogP contribution in [0.2, 0.25) is 18.1 Å². The van der Waals surface area contributed by atoms with E-state index in [-0.39, 0.29) is 5.04 Å². The number of carbonyl (C=O) groups is 1. The highest BCUT2D eigenvalue weighted by Crippen LogP contribution is 2.50. The van der Waals surface area contributed by atoms with Crippen LogP contribution in [0, 0.1) is 0 Å². The van der Waals surface area contributed by atoms with Crippen molar-refractivity contribution in [2.24, 2.45) is 10.2 Å². The average molecular weight is 372 g/mol. The third kappa shape index (κ3) is 3.16. The van der Waals surface area contributed by atoms with Gasteiger partial charge in [-0.2, -0.15) is 5.11 Å². The molecule has 8 nitrogen and oxygen atoms in total. The SMILES string of the molecule is CC(=O)OC12N=NC(O1)[C@@H](O[Si](C)(C)C(C)(C)C)[C@H]1OC(C)(C)O[C@H]12. The highest BCUT2D eigenvalue weighted by molar-refractivity contribution is 6.74. The number of nitrogens with zero attached hydrogens (tertiary/aromatic N) is 2. The molecule has 142 valence electrons. The zero-order valence-electron chi connectivity index (χ0n) is 16.2. The Morgan fingerprint density at radius 2 is 1.80 bits per heavy atom. The lowest BCUT2D eigenvalue weighted by Gasteiger charge is -2.45. The van der Waals surface area contributed by atoms with Gasteiger partial charge in [-0.25, -0.2) is 0 Å². The minimum atomic E-state index is -2.12. The van der Waals surface area contributed by atoms with Gasteiger partial charge in [0, 0.05) is 6.92 Å². The normalized spacial score (nSPS) is 39.4. The molecule has 0 spiro atoms. The lowest BCUT2D eigenvalue weighted by Crippen LogP contribution is -2.63. The number of esters is 1. The molecular formula is C16H28N2O6Si. The molecule has 0 amide bonds. The van der Waals surface area contributed by atoms with Gasteiger partial charge in [0.15, 0.2) is 20.2 Å². The number of hydrogen-bond donors (Lipinski definition) is 0. The molecule has 5 atom stereocenters. The molecule has 9 heteroatoms. The van der Waals surface area contributed by atoms with Gasteiger partial charge in [-0.05, 0) is 32.0 Å². The van der Waals surface area contributed by atoms with E-state index >= 15 is 0 Å². The van der Waals surface area contributed by atoms with E-state index in [1.807, 2.05) is 0 Å². The van der Waals surface area contributed by atoms with Crippen LogP contribution in [0.15, 0.2) is 10.2 Å². The van der Waals surface area contributed by atoms with Crippen molar-refractivity contribution < 1.29 is 28.2 Å². The van der Waals surface area contributed by atoms with Crippen LogP contribution in [0.4, 0.5) is 0 Å². The monoisotopic (exact) mass is 372 g/mol. The second-order valence-electron chi connectivity index (χ2n) is 8.81. The Labute approximate surface area is 149 Å². The largest absolute Gasteiger partial charge is 0.408 e. The first-order valence-corrected chi connectivity index (χ1v) is 11.5. The van der Waals surface area contributed by atoms with Crippen molar-refractivity contribution in [1.82, 2.24) is 0 Å². The van der Waals surface area contributed by atoms with E-state index in [1.54, 1.807) is 13.8 Å². The highest BCUT2D eigenvalue weighted by atomic mass is 28.4. The van der Waals surface area contributed by atoms with Crippen molar-refractivity contribution in [1.29, 1.82) is 0 Å². The third-order valence-electron chi connectivity index (χ3n) is 5.22. The van der Waals surface area contributed by atoms with Crippen molar-refractivity contribution in [2.45, 2.75) is 95.9 Å². The van der Waals surface area contributed by atoms with Gasteiger partial charge in [-0.15, -0.1) is 5.11 Å². The lowest BCUT2D eigenvalue weighted by atomic mass is 10.0. The smallest absolute Gasteiger partial charge is 0.364 e. The zero-order chi connectivity index (χ0) is 18.8. The van der Waals surface area contributed by atoms with Gasteiger partial charge in [0.1, 0.15) is 12.2 Å². The summed E-state index contributed by atoms with van der Waals surface area (Å²) in [4.78, 5) is 11.6. The van der Waals surface area contributed by atoms with Crippen LogP contribution in [-0.2, 0) is 28.2 Å². The average Bonchev–Trinajstić information content (AvgIpc) is 2.93. The molecule has 0 aromatic carbocycles. The summed E-state index contributed by atoms with van der Waals surface area (Å²) in [5, 5.41) is 8.29. The summed E-state index contributed by atoms with van der Waals surface area (Å²) in [5.74, 6) is -2.97. The maximum Gasteiger partial charge on any atom is 0.364 e. The molecule has 2 fully saturated rings. The van der Waals surface area contributed by atoms with Crippen LogP contribution >= 0.6 is 0 Å². The molecule has 0 aliphatic carbocycles. The predicted octanol–water partition coefficient (Wildman–Crippen LogP) is 2.94. The molecule has 3 heterocycles. The fourth-order valence-corrected chi connectivity index (χ4v) is 4.32. The van der Waals surface area contributed by atoms with Gasteiger partial charge in [-0.1, -0.05) is 20.8 Å². The Morgan fingerprint density at radius 1 is 1.16 bits per heavy atom. The van der Waals surface area contributed by atoms with Crippen molar-refractivity contribution in [3.63, 3.8) is 0 Å². The van der Waals surface area contributed by atoms with Crippen LogP contribution in [0.25, 0.3) is 0 Å². The molecule has 2 unspecified atom stereocenters. The Kier molecular flexibility index (Phi) is 4.20. The van der Waals surface area contributed by atoms with Gasteiger partial charge in [0.2, 0.25) is 6.23 Å². The van der Waals surface area contributed by atoms with Gasteiger partial charge >= 0.3 is 11.9 Å². The molecule has 25 heavy (non-hydrogen) atoms. The summed E-state index contributed by atoms with van der Waals surface area (Å²) < 4.78 is 29.9. The predicted molar refractivity (Wildman–Crippen MR) is 90.1 cm³/mol. The molecule has 0 N–H and O–H groups in total. The first-order valence-electron chi connectivity index (χ1n) is 8.59. The number of fused-ring (bicyclic) bond motifs is 4. The van der Waals surface area contributed by atoms with Crippen LogP contribution in [0.1, 0.15) is 41.5 Å².